The minimum absolute atomic E-state index is 0.120. The molecule has 1 heterocycles. The first-order valence-electron chi connectivity index (χ1n) is 6.49. The van der Waals surface area contributed by atoms with Gasteiger partial charge in [-0.1, -0.05) is 13.0 Å². The van der Waals surface area contributed by atoms with Crippen LogP contribution < -0.4 is 5.73 Å². The van der Waals surface area contributed by atoms with Gasteiger partial charge in [0.2, 0.25) is 0 Å². The van der Waals surface area contributed by atoms with Crippen LogP contribution in [0.4, 0.5) is 0 Å². The summed E-state index contributed by atoms with van der Waals surface area (Å²) in [5, 5.41) is 0. The van der Waals surface area contributed by atoms with Crippen molar-refractivity contribution in [3.05, 3.63) is 30.1 Å². The van der Waals surface area contributed by atoms with E-state index in [1.54, 1.807) is 0 Å². The van der Waals surface area contributed by atoms with Gasteiger partial charge in [0.25, 0.3) is 0 Å². The Labute approximate surface area is 115 Å². The largest absolute Gasteiger partial charge is 0.326 e. The van der Waals surface area contributed by atoms with Crippen LogP contribution in [0.3, 0.4) is 0 Å². The lowest BCUT2D eigenvalue weighted by molar-refractivity contribution is 0.167. The zero-order valence-corrected chi connectivity index (χ0v) is 12.7. The molecule has 1 aromatic heterocycles. The molecule has 18 heavy (non-hydrogen) atoms. The van der Waals surface area contributed by atoms with Crippen LogP contribution in [0.15, 0.2) is 24.4 Å². The van der Waals surface area contributed by atoms with Crippen molar-refractivity contribution in [3.8, 4) is 0 Å². The molecule has 0 spiro atoms. The van der Waals surface area contributed by atoms with E-state index in [1.807, 2.05) is 30.1 Å². The van der Waals surface area contributed by atoms with Crippen molar-refractivity contribution < 1.29 is 0 Å². The van der Waals surface area contributed by atoms with Crippen LogP contribution in [-0.2, 0) is 0 Å². The fraction of sp³-hybridized carbons (Fsp3) is 0.643. The topological polar surface area (TPSA) is 42.1 Å². The van der Waals surface area contributed by atoms with Gasteiger partial charge in [-0.15, -0.1) is 0 Å². The molecule has 3 atom stereocenters. The lowest BCUT2D eigenvalue weighted by Gasteiger charge is -2.36. The zero-order valence-electron chi connectivity index (χ0n) is 11.8. The van der Waals surface area contributed by atoms with Gasteiger partial charge in [0, 0.05) is 24.0 Å². The fourth-order valence-electron chi connectivity index (χ4n) is 2.14. The Morgan fingerprint density at radius 1 is 1.44 bits per heavy atom. The predicted molar refractivity (Wildman–Crippen MR) is 80.9 cm³/mol. The fourth-order valence-corrected chi connectivity index (χ4v) is 2.85. The van der Waals surface area contributed by atoms with Crippen molar-refractivity contribution >= 4 is 11.8 Å². The number of hydrogen-bond acceptors (Lipinski definition) is 4. The molecule has 4 heteroatoms. The SMILES string of the molecule is CCC(N)C(c1ccccn1)N(C)C(C)CSC. The number of rotatable bonds is 7. The Morgan fingerprint density at radius 3 is 2.67 bits per heavy atom. The summed E-state index contributed by atoms with van der Waals surface area (Å²) in [6.45, 7) is 4.38. The van der Waals surface area contributed by atoms with Gasteiger partial charge in [0.1, 0.15) is 0 Å². The van der Waals surface area contributed by atoms with Gasteiger partial charge in [0.05, 0.1) is 11.7 Å². The second kappa shape index (κ2) is 7.77. The molecular weight excluding hydrogens is 242 g/mol. The van der Waals surface area contributed by atoms with Crippen molar-refractivity contribution in [3.63, 3.8) is 0 Å². The summed E-state index contributed by atoms with van der Waals surface area (Å²) in [6, 6.07) is 6.86. The average Bonchev–Trinajstić information content (AvgIpc) is 2.40. The Hall–Kier alpha value is -0.580. The van der Waals surface area contributed by atoms with E-state index in [0.717, 1.165) is 17.9 Å². The van der Waals surface area contributed by atoms with Gasteiger partial charge in [-0.3, -0.25) is 9.88 Å². The third-order valence-electron chi connectivity index (χ3n) is 3.41. The lowest BCUT2D eigenvalue weighted by Crippen LogP contribution is -2.44. The molecule has 0 aliphatic rings. The van der Waals surface area contributed by atoms with Gasteiger partial charge < -0.3 is 5.73 Å². The summed E-state index contributed by atoms with van der Waals surface area (Å²) < 4.78 is 0. The lowest BCUT2D eigenvalue weighted by atomic mass is 10.00. The van der Waals surface area contributed by atoms with Gasteiger partial charge in [-0.25, -0.2) is 0 Å². The highest BCUT2D eigenvalue weighted by molar-refractivity contribution is 7.98. The van der Waals surface area contributed by atoms with Crippen molar-refractivity contribution in [1.82, 2.24) is 9.88 Å². The van der Waals surface area contributed by atoms with Crippen molar-refractivity contribution in [2.45, 2.75) is 38.4 Å². The van der Waals surface area contributed by atoms with E-state index in [-0.39, 0.29) is 12.1 Å². The zero-order chi connectivity index (χ0) is 13.5. The summed E-state index contributed by atoms with van der Waals surface area (Å²) in [6.07, 6.45) is 4.94. The number of nitrogens with zero attached hydrogens (tertiary/aromatic N) is 2. The second-order valence-corrected chi connectivity index (χ2v) is 5.65. The second-order valence-electron chi connectivity index (χ2n) is 4.74. The van der Waals surface area contributed by atoms with Gasteiger partial charge in [-0.2, -0.15) is 11.8 Å². The standard InChI is InChI=1S/C14H25N3S/c1-5-12(15)14(13-8-6-7-9-16-13)17(3)11(2)10-18-4/h6-9,11-12,14H,5,10,15H2,1-4H3. The van der Waals surface area contributed by atoms with Crippen LogP contribution in [0.25, 0.3) is 0 Å². The first kappa shape index (κ1) is 15.5. The third kappa shape index (κ3) is 3.97. The molecule has 0 aliphatic carbocycles. The Kier molecular flexibility index (Phi) is 6.68. The van der Waals surface area contributed by atoms with E-state index < -0.39 is 0 Å². The highest BCUT2D eigenvalue weighted by atomic mass is 32.2. The van der Waals surface area contributed by atoms with E-state index >= 15 is 0 Å². The van der Waals surface area contributed by atoms with Crippen LogP contribution in [0, 0.1) is 0 Å². The minimum atomic E-state index is 0.120. The molecular formula is C14H25N3S. The highest BCUT2D eigenvalue weighted by Gasteiger charge is 2.26. The number of nitrogens with two attached hydrogens (primary N) is 1. The first-order valence-corrected chi connectivity index (χ1v) is 7.88. The molecule has 1 aromatic rings. The minimum Gasteiger partial charge on any atom is -0.326 e. The van der Waals surface area contributed by atoms with Crippen LogP contribution >= 0.6 is 11.8 Å². The maximum Gasteiger partial charge on any atom is 0.0673 e. The third-order valence-corrected chi connectivity index (χ3v) is 4.23. The molecule has 0 amide bonds. The van der Waals surface area contributed by atoms with E-state index in [4.69, 9.17) is 5.73 Å². The molecule has 0 fully saturated rings. The monoisotopic (exact) mass is 267 g/mol. The van der Waals surface area contributed by atoms with Crippen molar-refractivity contribution in [2.24, 2.45) is 5.73 Å². The normalized spacial score (nSPS) is 16.6. The number of likely N-dealkylation sites (N-methyl/N-ethyl adjacent to an activating group) is 1. The highest BCUT2D eigenvalue weighted by Crippen LogP contribution is 2.24. The molecule has 0 aromatic carbocycles. The maximum atomic E-state index is 6.30. The summed E-state index contributed by atoms with van der Waals surface area (Å²) in [5.41, 5.74) is 7.37. The van der Waals surface area contributed by atoms with Crippen LogP contribution in [-0.4, -0.2) is 41.0 Å². The quantitative estimate of drug-likeness (QED) is 0.824. The van der Waals surface area contributed by atoms with E-state index in [1.165, 1.54) is 0 Å². The molecule has 3 nitrogen and oxygen atoms in total. The summed E-state index contributed by atoms with van der Waals surface area (Å²) in [4.78, 5) is 6.84. The van der Waals surface area contributed by atoms with Crippen molar-refractivity contribution in [2.75, 3.05) is 19.1 Å². The Balaban J connectivity index is 2.92. The van der Waals surface area contributed by atoms with Gasteiger partial charge >= 0.3 is 0 Å². The van der Waals surface area contributed by atoms with Gasteiger partial charge in [-0.05, 0) is 38.8 Å². The smallest absolute Gasteiger partial charge is 0.0673 e. The molecule has 1 rings (SSSR count). The summed E-state index contributed by atoms with van der Waals surface area (Å²) >= 11 is 1.87. The van der Waals surface area contributed by atoms with Crippen LogP contribution in [0.2, 0.25) is 0 Å². The molecule has 0 aliphatic heterocycles. The van der Waals surface area contributed by atoms with E-state index in [2.05, 4.69) is 43.1 Å². The number of hydrogen-bond donors (Lipinski definition) is 1. The van der Waals surface area contributed by atoms with Crippen molar-refractivity contribution in [1.29, 1.82) is 0 Å². The van der Waals surface area contributed by atoms with E-state index in [9.17, 15) is 0 Å². The maximum absolute atomic E-state index is 6.30. The van der Waals surface area contributed by atoms with E-state index in [0.29, 0.717) is 6.04 Å². The molecule has 0 radical (unpaired) electrons. The Bertz CT molecular complexity index is 331. The van der Waals surface area contributed by atoms with Gasteiger partial charge in [0.15, 0.2) is 0 Å². The van der Waals surface area contributed by atoms with Crippen LogP contribution in [0.5, 0.6) is 0 Å². The molecule has 102 valence electrons. The Morgan fingerprint density at radius 2 is 2.17 bits per heavy atom. The average molecular weight is 267 g/mol. The molecule has 0 bridgehead atoms. The number of aromatic nitrogens is 1. The molecule has 2 N–H and O–H groups in total. The first-order chi connectivity index (χ1) is 8.61. The number of thioether (sulfide) groups is 1. The molecule has 0 saturated heterocycles. The molecule has 3 unspecified atom stereocenters. The number of pyridine rings is 1. The predicted octanol–water partition coefficient (Wildman–Crippen LogP) is 2.54. The summed E-state index contributed by atoms with van der Waals surface area (Å²) in [5.74, 6) is 1.11. The molecule has 0 saturated carbocycles. The summed E-state index contributed by atoms with van der Waals surface area (Å²) in [7, 11) is 2.15. The van der Waals surface area contributed by atoms with Crippen LogP contribution in [0.1, 0.15) is 32.0 Å².